The van der Waals surface area contributed by atoms with Crippen molar-refractivity contribution in [3.05, 3.63) is 24.3 Å². The van der Waals surface area contributed by atoms with Crippen molar-refractivity contribution < 1.29 is 9.53 Å². The fourth-order valence-corrected chi connectivity index (χ4v) is 1.79. The van der Waals surface area contributed by atoms with Gasteiger partial charge in [0.2, 0.25) is 0 Å². The summed E-state index contributed by atoms with van der Waals surface area (Å²) in [5.41, 5.74) is 0.778. The molecule has 0 aliphatic carbocycles. The van der Waals surface area contributed by atoms with Crippen LogP contribution in [0, 0.1) is 5.92 Å². The smallest absolute Gasteiger partial charge is 0.322 e. The maximum atomic E-state index is 12.2. The molecule has 0 saturated carbocycles. The van der Waals surface area contributed by atoms with Gasteiger partial charge >= 0.3 is 6.03 Å². The van der Waals surface area contributed by atoms with Crippen LogP contribution >= 0.6 is 0 Å². The number of carbonyl (C=O) groups excluding carboxylic acids is 1. The molecule has 0 fully saturated rings. The number of anilines is 1. The summed E-state index contributed by atoms with van der Waals surface area (Å²) in [6, 6.07) is 7.46. The van der Waals surface area contributed by atoms with Gasteiger partial charge < -0.3 is 15.0 Å². The molecule has 0 spiro atoms. The molecular formula is C15H24N2O2. The van der Waals surface area contributed by atoms with E-state index in [1.165, 1.54) is 0 Å². The predicted molar refractivity (Wildman–Crippen MR) is 78.7 cm³/mol. The van der Waals surface area contributed by atoms with E-state index in [4.69, 9.17) is 4.74 Å². The van der Waals surface area contributed by atoms with Crippen LogP contribution in [0.4, 0.5) is 10.5 Å². The van der Waals surface area contributed by atoms with Crippen LogP contribution in [0.25, 0.3) is 0 Å². The number of carbonyl (C=O) groups is 1. The topological polar surface area (TPSA) is 41.6 Å². The standard InChI is InChI=1S/C15H24N2O2/c1-11(2)10-17(12(3)4)15(18)16-13-6-8-14(19-5)9-7-13/h6-9,11-12H,10H2,1-5H3,(H,16,18). The Morgan fingerprint density at radius 1 is 1.21 bits per heavy atom. The van der Waals surface area contributed by atoms with Crippen LogP contribution < -0.4 is 10.1 Å². The minimum Gasteiger partial charge on any atom is -0.497 e. The van der Waals surface area contributed by atoms with Crippen molar-refractivity contribution in [3.63, 3.8) is 0 Å². The summed E-state index contributed by atoms with van der Waals surface area (Å²) in [5.74, 6) is 1.23. The molecule has 0 saturated heterocycles. The van der Waals surface area contributed by atoms with Gasteiger partial charge in [0.25, 0.3) is 0 Å². The Balaban J connectivity index is 2.69. The zero-order valence-electron chi connectivity index (χ0n) is 12.4. The van der Waals surface area contributed by atoms with Gasteiger partial charge in [-0.05, 0) is 44.0 Å². The van der Waals surface area contributed by atoms with Crippen LogP contribution in [0.2, 0.25) is 0 Å². The molecule has 0 aliphatic rings. The summed E-state index contributed by atoms with van der Waals surface area (Å²) in [4.78, 5) is 14.1. The maximum Gasteiger partial charge on any atom is 0.322 e. The average Bonchev–Trinajstić information content (AvgIpc) is 2.36. The van der Waals surface area contributed by atoms with Crippen molar-refractivity contribution in [3.8, 4) is 5.75 Å². The first-order valence-electron chi connectivity index (χ1n) is 6.65. The van der Waals surface area contributed by atoms with Crippen molar-refractivity contribution >= 4 is 11.7 Å². The molecule has 0 unspecified atom stereocenters. The molecule has 4 nitrogen and oxygen atoms in total. The van der Waals surface area contributed by atoms with E-state index >= 15 is 0 Å². The lowest BCUT2D eigenvalue weighted by Crippen LogP contribution is -2.42. The second-order valence-corrected chi connectivity index (χ2v) is 5.30. The molecule has 0 aliphatic heterocycles. The monoisotopic (exact) mass is 264 g/mol. The first-order chi connectivity index (χ1) is 8.93. The number of methoxy groups -OCH3 is 1. The number of benzene rings is 1. The molecule has 0 radical (unpaired) electrons. The van der Waals surface area contributed by atoms with E-state index in [1.54, 1.807) is 7.11 Å². The minimum absolute atomic E-state index is 0.0612. The van der Waals surface area contributed by atoms with Crippen molar-refractivity contribution in [2.24, 2.45) is 5.92 Å². The first kappa shape index (κ1) is 15.3. The molecule has 0 atom stereocenters. The van der Waals surface area contributed by atoms with Crippen molar-refractivity contribution in [2.75, 3.05) is 19.0 Å². The van der Waals surface area contributed by atoms with Gasteiger partial charge in [0, 0.05) is 18.3 Å². The van der Waals surface area contributed by atoms with Crippen LogP contribution in [-0.4, -0.2) is 30.6 Å². The number of urea groups is 1. The molecule has 1 aromatic rings. The molecule has 4 heteroatoms. The molecule has 106 valence electrons. The highest BCUT2D eigenvalue weighted by atomic mass is 16.5. The van der Waals surface area contributed by atoms with E-state index in [9.17, 15) is 4.79 Å². The van der Waals surface area contributed by atoms with E-state index in [1.807, 2.05) is 43.0 Å². The highest BCUT2D eigenvalue weighted by Crippen LogP contribution is 2.16. The van der Waals surface area contributed by atoms with Crippen LogP contribution in [0.15, 0.2) is 24.3 Å². The van der Waals surface area contributed by atoms with E-state index in [0.29, 0.717) is 5.92 Å². The van der Waals surface area contributed by atoms with E-state index in [0.717, 1.165) is 18.0 Å². The van der Waals surface area contributed by atoms with Crippen LogP contribution in [-0.2, 0) is 0 Å². The van der Waals surface area contributed by atoms with Crippen molar-refractivity contribution in [1.29, 1.82) is 0 Å². The van der Waals surface area contributed by atoms with Gasteiger partial charge in [0.15, 0.2) is 0 Å². The normalized spacial score (nSPS) is 10.7. The average molecular weight is 264 g/mol. The van der Waals surface area contributed by atoms with E-state index in [2.05, 4.69) is 19.2 Å². The Morgan fingerprint density at radius 3 is 2.21 bits per heavy atom. The van der Waals surface area contributed by atoms with Gasteiger partial charge in [-0.1, -0.05) is 13.8 Å². The van der Waals surface area contributed by atoms with Gasteiger partial charge in [-0.15, -0.1) is 0 Å². The Hall–Kier alpha value is -1.71. The Morgan fingerprint density at radius 2 is 1.79 bits per heavy atom. The predicted octanol–water partition coefficient (Wildman–Crippen LogP) is 3.59. The quantitative estimate of drug-likeness (QED) is 0.883. The third-order valence-corrected chi connectivity index (χ3v) is 2.79. The van der Waals surface area contributed by atoms with Gasteiger partial charge in [0.1, 0.15) is 5.75 Å². The minimum atomic E-state index is -0.0612. The fourth-order valence-electron chi connectivity index (χ4n) is 1.79. The zero-order chi connectivity index (χ0) is 14.4. The molecule has 1 aromatic carbocycles. The highest BCUT2D eigenvalue weighted by Gasteiger charge is 2.17. The molecule has 0 heterocycles. The van der Waals surface area contributed by atoms with E-state index < -0.39 is 0 Å². The zero-order valence-corrected chi connectivity index (χ0v) is 12.4. The molecule has 19 heavy (non-hydrogen) atoms. The summed E-state index contributed by atoms with van der Waals surface area (Å²) in [5, 5.41) is 2.91. The fraction of sp³-hybridized carbons (Fsp3) is 0.533. The summed E-state index contributed by atoms with van der Waals surface area (Å²) < 4.78 is 5.09. The van der Waals surface area contributed by atoms with Crippen molar-refractivity contribution in [2.45, 2.75) is 33.7 Å². The number of nitrogens with one attached hydrogen (secondary N) is 1. The van der Waals surface area contributed by atoms with Gasteiger partial charge in [-0.3, -0.25) is 0 Å². The van der Waals surface area contributed by atoms with Gasteiger partial charge in [0.05, 0.1) is 7.11 Å². The number of amides is 2. The van der Waals surface area contributed by atoms with Crippen molar-refractivity contribution in [1.82, 2.24) is 4.90 Å². The summed E-state index contributed by atoms with van der Waals surface area (Å²) in [7, 11) is 1.62. The molecule has 1 N–H and O–H groups in total. The molecule has 0 aromatic heterocycles. The number of ether oxygens (including phenoxy) is 1. The summed E-state index contributed by atoms with van der Waals surface area (Å²) in [6.07, 6.45) is 0. The SMILES string of the molecule is COc1ccc(NC(=O)N(CC(C)C)C(C)C)cc1. The lowest BCUT2D eigenvalue weighted by Gasteiger charge is -2.28. The summed E-state index contributed by atoms with van der Waals surface area (Å²) >= 11 is 0. The van der Waals surface area contributed by atoms with Crippen LogP contribution in [0.5, 0.6) is 5.75 Å². The number of rotatable bonds is 5. The molecule has 1 rings (SSSR count). The lowest BCUT2D eigenvalue weighted by atomic mass is 10.2. The number of hydrogen-bond donors (Lipinski definition) is 1. The van der Waals surface area contributed by atoms with Gasteiger partial charge in [-0.25, -0.2) is 4.79 Å². The second kappa shape index (κ2) is 7.02. The molecule has 2 amide bonds. The number of nitrogens with zero attached hydrogens (tertiary/aromatic N) is 1. The highest BCUT2D eigenvalue weighted by molar-refractivity contribution is 5.89. The first-order valence-corrected chi connectivity index (χ1v) is 6.65. The second-order valence-electron chi connectivity index (χ2n) is 5.30. The molecular weight excluding hydrogens is 240 g/mol. The van der Waals surface area contributed by atoms with E-state index in [-0.39, 0.29) is 12.1 Å². The third kappa shape index (κ3) is 4.81. The summed E-state index contributed by atoms with van der Waals surface area (Å²) in [6.45, 7) is 9.01. The van der Waals surface area contributed by atoms with Crippen LogP contribution in [0.3, 0.4) is 0 Å². The molecule has 0 bridgehead atoms. The van der Waals surface area contributed by atoms with Crippen LogP contribution in [0.1, 0.15) is 27.7 Å². The third-order valence-electron chi connectivity index (χ3n) is 2.79. The number of hydrogen-bond acceptors (Lipinski definition) is 2. The lowest BCUT2D eigenvalue weighted by molar-refractivity contribution is 0.188. The maximum absolute atomic E-state index is 12.2. The Bertz CT molecular complexity index is 399. The Kier molecular flexibility index (Phi) is 5.67. The van der Waals surface area contributed by atoms with Gasteiger partial charge in [-0.2, -0.15) is 0 Å². The largest absolute Gasteiger partial charge is 0.497 e. The Labute approximate surface area is 115 Å².